The van der Waals surface area contributed by atoms with Gasteiger partial charge in [0, 0.05) is 16.7 Å². The van der Waals surface area contributed by atoms with Gasteiger partial charge in [0.15, 0.2) is 6.23 Å². The summed E-state index contributed by atoms with van der Waals surface area (Å²) in [5.41, 5.74) is 6.34. The third-order valence-electron chi connectivity index (χ3n) is 4.23. The Hall–Kier alpha value is -2.13. The summed E-state index contributed by atoms with van der Waals surface area (Å²) in [6, 6.07) is 0. The van der Waals surface area contributed by atoms with Gasteiger partial charge in [0.1, 0.15) is 17.8 Å². The van der Waals surface area contributed by atoms with Crippen molar-refractivity contribution < 1.29 is 14.6 Å². The minimum Gasteiger partial charge on any atom is -0.387 e. The normalized spacial score (nSPS) is 32.9. The lowest BCUT2D eigenvalue weighted by molar-refractivity contribution is -0.175. The van der Waals surface area contributed by atoms with Crippen molar-refractivity contribution in [2.75, 3.05) is 6.61 Å². The summed E-state index contributed by atoms with van der Waals surface area (Å²) in [6.07, 6.45) is -0.554. The lowest BCUT2D eigenvalue weighted by Gasteiger charge is -2.30. The van der Waals surface area contributed by atoms with E-state index >= 15 is 0 Å². The molecule has 1 aromatic rings. The summed E-state index contributed by atoms with van der Waals surface area (Å²) in [4.78, 5) is 28.4. The fourth-order valence-corrected chi connectivity index (χ4v) is 2.91. The van der Waals surface area contributed by atoms with Crippen LogP contribution in [0.15, 0.2) is 20.9 Å². The van der Waals surface area contributed by atoms with Crippen molar-refractivity contribution in [2.24, 2.45) is 5.11 Å². The first-order valence-electron chi connectivity index (χ1n) is 6.85. The Balaban J connectivity index is 2.01. The molecule has 0 radical (unpaired) electrons. The van der Waals surface area contributed by atoms with Crippen molar-refractivity contribution in [3.63, 3.8) is 0 Å². The molecule has 2 aliphatic rings. The molecule has 22 heavy (non-hydrogen) atoms. The molecule has 2 aliphatic heterocycles. The highest BCUT2D eigenvalue weighted by Crippen LogP contribution is 2.46. The van der Waals surface area contributed by atoms with E-state index in [2.05, 4.69) is 15.0 Å². The van der Waals surface area contributed by atoms with Crippen molar-refractivity contribution in [2.45, 2.75) is 43.9 Å². The van der Waals surface area contributed by atoms with E-state index in [-0.39, 0.29) is 18.7 Å². The molecule has 0 aromatic carbocycles. The van der Waals surface area contributed by atoms with Crippen LogP contribution in [0, 0.1) is 0 Å². The highest BCUT2D eigenvalue weighted by molar-refractivity contribution is 5.10. The molecule has 3 heterocycles. The largest absolute Gasteiger partial charge is 0.387 e. The predicted molar refractivity (Wildman–Crippen MR) is 73.1 cm³/mol. The number of hydrogen-bond acceptors (Lipinski definition) is 6. The standard InChI is InChI=1S/C12H15N5O5/c1-2-12-5-21-7(8(12)18)10(22-12)17-4-6(3-14-16-13)9(19)15-11(17)20/h4,7-8,10,18H,2-3,5H2,1H3,(H,15,19,20)/t7-,8?,10+,12-/m0/s1. The van der Waals surface area contributed by atoms with Gasteiger partial charge in [-0.3, -0.25) is 14.3 Å². The summed E-state index contributed by atoms with van der Waals surface area (Å²) in [5.74, 6) is 0. The van der Waals surface area contributed by atoms with Crippen molar-refractivity contribution in [3.8, 4) is 0 Å². The van der Waals surface area contributed by atoms with Gasteiger partial charge in [0.25, 0.3) is 5.56 Å². The molecule has 1 aromatic heterocycles. The van der Waals surface area contributed by atoms with Gasteiger partial charge in [-0.05, 0) is 12.0 Å². The monoisotopic (exact) mass is 309 g/mol. The van der Waals surface area contributed by atoms with Crippen LogP contribution in [0.3, 0.4) is 0 Å². The van der Waals surface area contributed by atoms with Gasteiger partial charge in [-0.1, -0.05) is 12.0 Å². The third kappa shape index (κ3) is 2.04. The Labute approximate surface area is 123 Å². The number of azide groups is 1. The Morgan fingerprint density at radius 1 is 1.64 bits per heavy atom. The minimum absolute atomic E-state index is 0.129. The number of nitrogens with zero attached hydrogens (tertiary/aromatic N) is 4. The molecular weight excluding hydrogens is 294 g/mol. The number of hydrogen-bond donors (Lipinski definition) is 2. The number of rotatable bonds is 4. The average molecular weight is 309 g/mol. The summed E-state index contributed by atoms with van der Waals surface area (Å²) in [6.45, 7) is 1.93. The molecule has 118 valence electrons. The Morgan fingerprint density at radius 3 is 3.05 bits per heavy atom. The first kappa shape index (κ1) is 14.8. The molecule has 3 rings (SSSR count). The van der Waals surface area contributed by atoms with Crippen LogP contribution in [0.25, 0.3) is 10.4 Å². The Bertz CT molecular complexity index is 751. The van der Waals surface area contributed by atoms with Crippen molar-refractivity contribution >= 4 is 0 Å². The molecular formula is C12H15N5O5. The van der Waals surface area contributed by atoms with Crippen molar-refractivity contribution in [3.05, 3.63) is 43.0 Å². The van der Waals surface area contributed by atoms with Crippen LogP contribution in [0.4, 0.5) is 0 Å². The van der Waals surface area contributed by atoms with E-state index in [4.69, 9.17) is 15.0 Å². The highest BCUT2D eigenvalue weighted by atomic mass is 16.6. The maximum Gasteiger partial charge on any atom is 0.330 e. The summed E-state index contributed by atoms with van der Waals surface area (Å²) >= 11 is 0. The molecule has 0 aliphatic carbocycles. The van der Waals surface area contributed by atoms with Gasteiger partial charge in [-0.2, -0.15) is 0 Å². The number of aliphatic hydroxyl groups excluding tert-OH is 1. The highest BCUT2D eigenvalue weighted by Gasteiger charge is 2.60. The second kappa shape index (κ2) is 5.25. The van der Waals surface area contributed by atoms with Crippen molar-refractivity contribution in [1.82, 2.24) is 9.55 Å². The SMILES string of the molecule is CC[C@]12CO[C@@H](C1O)[C@H](n1cc(CN=[N+]=[N-])c(=O)[nH]c1=O)O2. The molecule has 10 heteroatoms. The number of aromatic nitrogens is 2. The quantitative estimate of drug-likeness (QED) is 0.449. The van der Waals surface area contributed by atoms with Crippen molar-refractivity contribution in [1.29, 1.82) is 0 Å². The first-order chi connectivity index (χ1) is 10.5. The van der Waals surface area contributed by atoms with Crippen LogP contribution in [-0.4, -0.2) is 39.1 Å². The molecule has 2 bridgehead atoms. The maximum atomic E-state index is 12.0. The zero-order valence-corrected chi connectivity index (χ0v) is 11.8. The van der Waals surface area contributed by atoms with Crippen LogP contribution >= 0.6 is 0 Å². The topological polar surface area (TPSA) is 142 Å². The zero-order valence-electron chi connectivity index (χ0n) is 11.8. The minimum atomic E-state index is -0.845. The number of aliphatic hydroxyl groups is 1. The summed E-state index contributed by atoms with van der Waals surface area (Å²) in [7, 11) is 0. The molecule has 2 saturated heterocycles. The maximum absolute atomic E-state index is 12.0. The lowest BCUT2D eigenvalue weighted by Crippen LogP contribution is -2.41. The fraction of sp³-hybridized carbons (Fsp3) is 0.667. The van der Waals surface area contributed by atoms with Gasteiger partial charge < -0.3 is 14.6 Å². The number of H-pyrrole nitrogens is 1. The van der Waals surface area contributed by atoms with E-state index in [1.807, 2.05) is 6.92 Å². The number of fused-ring (bicyclic) bond motifs is 2. The van der Waals surface area contributed by atoms with Gasteiger partial charge in [0.2, 0.25) is 0 Å². The molecule has 2 fully saturated rings. The molecule has 10 nitrogen and oxygen atoms in total. The summed E-state index contributed by atoms with van der Waals surface area (Å²) in [5, 5.41) is 13.6. The second-order valence-corrected chi connectivity index (χ2v) is 5.36. The molecule has 0 saturated carbocycles. The second-order valence-electron chi connectivity index (χ2n) is 5.36. The third-order valence-corrected chi connectivity index (χ3v) is 4.23. The van der Waals surface area contributed by atoms with E-state index in [1.54, 1.807) is 0 Å². The van der Waals surface area contributed by atoms with E-state index in [1.165, 1.54) is 6.20 Å². The van der Waals surface area contributed by atoms with Gasteiger partial charge >= 0.3 is 5.69 Å². The van der Waals surface area contributed by atoms with Gasteiger partial charge in [-0.25, -0.2) is 4.79 Å². The molecule has 4 atom stereocenters. The Kier molecular flexibility index (Phi) is 3.53. The molecule has 2 N–H and O–H groups in total. The average Bonchev–Trinajstić information content (AvgIpc) is 2.97. The number of ether oxygens (including phenoxy) is 2. The molecule has 0 spiro atoms. The van der Waals surface area contributed by atoms with E-state index in [0.717, 1.165) is 4.57 Å². The van der Waals surface area contributed by atoms with Crippen LogP contribution in [0.2, 0.25) is 0 Å². The Morgan fingerprint density at radius 2 is 2.41 bits per heavy atom. The van der Waals surface area contributed by atoms with Crippen LogP contribution in [-0.2, 0) is 16.0 Å². The van der Waals surface area contributed by atoms with Gasteiger partial charge in [0.05, 0.1) is 13.2 Å². The van der Waals surface area contributed by atoms with Crippen LogP contribution in [0.1, 0.15) is 25.1 Å². The van der Waals surface area contributed by atoms with Crippen LogP contribution in [0.5, 0.6) is 0 Å². The van der Waals surface area contributed by atoms with E-state index < -0.39 is 35.3 Å². The van der Waals surface area contributed by atoms with E-state index in [0.29, 0.717) is 6.42 Å². The predicted octanol–water partition coefficient (Wildman–Crippen LogP) is -0.216. The first-order valence-corrected chi connectivity index (χ1v) is 6.85. The van der Waals surface area contributed by atoms with E-state index in [9.17, 15) is 14.7 Å². The zero-order chi connectivity index (χ0) is 15.9. The number of aromatic amines is 1. The fourth-order valence-electron chi connectivity index (χ4n) is 2.91. The lowest BCUT2D eigenvalue weighted by atomic mass is 9.96. The van der Waals surface area contributed by atoms with Crippen LogP contribution < -0.4 is 11.2 Å². The molecule has 0 amide bonds. The molecule has 1 unspecified atom stereocenters. The summed E-state index contributed by atoms with van der Waals surface area (Å²) < 4.78 is 12.5. The smallest absolute Gasteiger partial charge is 0.330 e. The number of nitrogens with one attached hydrogen (secondary N) is 1. The van der Waals surface area contributed by atoms with Gasteiger partial charge in [-0.15, -0.1) is 0 Å².